The van der Waals surface area contributed by atoms with Crippen LogP contribution >= 0.6 is 0 Å². The zero-order valence-corrected chi connectivity index (χ0v) is 18.4. The van der Waals surface area contributed by atoms with E-state index in [4.69, 9.17) is 0 Å². The molecule has 2 amide bonds. The molecular weight excluding hydrogens is 409 g/mol. The largest absolute Gasteiger partial charge is 0.347 e. The number of hydrogen-bond acceptors (Lipinski definition) is 4. The van der Waals surface area contributed by atoms with Gasteiger partial charge in [0.25, 0.3) is 11.8 Å². The van der Waals surface area contributed by atoms with Crippen molar-refractivity contribution in [1.29, 1.82) is 0 Å². The Balaban J connectivity index is 2.20. The highest BCUT2D eigenvalue weighted by molar-refractivity contribution is 7.89. The Labute approximate surface area is 176 Å². The quantitative estimate of drug-likeness (QED) is 0.648. The highest BCUT2D eigenvalue weighted by Gasteiger charge is 2.21. The minimum atomic E-state index is -3.88. The second-order valence-electron chi connectivity index (χ2n) is 8.15. The number of anilines is 1. The predicted molar refractivity (Wildman–Crippen MR) is 113 cm³/mol. The summed E-state index contributed by atoms with van der Waals surface area (Å²) in [6.45, 7) is 8.89. The number of amides is 2. The third-order valence-corrected chi connectivity index (χ3v) is 5.43. The summed E-state index contributed by atoms with van der Waals surface area (Å²) >= 11 is 0. The molecule has 2 aromatic rings. The number of hydrogen-bond donors (Lipinski definition) is 3. The molecule has 2 rings (SSSR count). The van der Waals surface area contributed by atoms with E-state index in [1.54, 1.807) is 13.8 Å². The summed E-state index contributed by atoms with van der Waals surface area (Å²) in [6, 6.07) is 8.74. The number of halogens is 1. The van der Waals surface area contributed by atoms with Crippen molar-refractivity contribution >= 4 is 27.5 Å². The fourth-order valence-electron chi connectivity index (χ4n) is 2.54. The van der Waals surface area contributed by atoms with E-state index in [2.05, 4.69) is 15.4 Å². The average Bonchev–Trinajstić information content (AvgIpc) is 2.59. The second-order valence-corrected chi connectivity index (χ2v) is 9.87. The molecule has 0 spiro atoms. The molecule has 30 heavy (non-hydrogen) atoms. The highest BCUT2D eigenvalue weighted by atomic mass is 32.2. The van der Waals surface area contributed by atoms with Gasteiger partial charge in [0, 0.05) is 22.8 Å². The van der Waals surface area contributed by atoms with Gasteiger partial charge in [-0.3, -0.25) is 9.59 Å². The van der Waals surface area contributed by atoms with E-state index in [0.29, 0.717) is 11.3 Å². The number of rotatable bonds is 6. The zero-order valence-electron chi connectivity index (χ0n) is 17.5. The lowest BCUT2D eigenvalue weighted by Gasteiger charge is -2.20. The van der Waals surface area contributed by atoms with E-state index in [-0.39, 0.29) is 16.8 Å². The molecule has 0 aromatic heterocycles. The predicted octanol–water partition coefficient (Wildman–Crippen LogP) is 3.29. The topological polar surface area (TPSA) is 104 Å². The molecule has 0 aliphatic carbocycles. The maximum absolute atomic E-state index is 14.2. The van der Waals surface area contributed by atoms with Crippen molar-refractivity contribution in [1.82, 2.24) is 10.0 Å². The van der Waals surface area contributed by atoms with Gasteiger partial charge in [0.2, 0.25) is 10.0 Å². The molecule has 0 atom stereocenters. The van der Waals surface area contributed by atoms with Crippen molar-refractivity contribution in [2.75, 3.05) is 5.32 Å². The summed E-state index contributed by atoms with van der Waals surface area (Å²) in [5.41, 5.74) is -0.0597. The Kier molecular flexibility index (Phi) is 6.99. The number of benzene rings is 2. The lowest BCUT2D eigenvalue weighted by Crippen LogP contribution is -2.40. The summed E-state index contributed by atoms with van der Waals surface area (Å²) in [4.78, 5) is 24.4. The molecule has 0 saturated heterocycles. The van der Waals surface area contributed by atoms with Crippen LogP contribution in [0.15, 0.2) is 47.4 Å². The molecule has 0 heterocycles. The molecule has 3 N–H and O–H groups in total. The molecule has 0 aliphatic rings. The van der Waals surface area contributed by atoms with Gasteiger partial charge in [-0.1, -0.05) is 0 Å². The van der Waals surface area contributed by atoms with E-state index in [0.717, 1.165) is 18.2 Å². The van der Waals surface area contributed by atoms with Crippen molar-refractivity contribution < 1.29 is 22.4 Å². The third kappa shape index (κ3) is 6.36. The Morgan fingerprint density at radius 3 is 2.10 bits per heavy atom. The summed E-state index contributed by atoms with van der Waals surface area (Å²) in [7, 11) is -3.88. The van der Waals surface area contributed by atoms with E-state index >= 15 is 0 Å². The molecule has 0 bridgehead atoms. The normalized spacial score (nSPS) is 12.0. The molecule has 162 valence electrons. The molecule has 0 saturated carbocycles. The van der Waals surface area contributed by atoms with Crippen LogP contribution in [-0.2, 0) is 10.0 Å². The zero-order chi connectivity index (χ0) is 22.7. The molecule has 0 fully saturated rings. The second kappa shape index (κ2) is 8.93. The fraction of sp³-hybridized carbons (Fsp3) is 0.333. The first-order valence-corrected chi connectivity index (χ1v) is 10.8. The number of carbonyl (C=O) groups excluding carboxylic acids is 2. The van der Waals surface area contributed by atoms with Crippen LogP contribution < -0.4 is 15.4 Å². The number of nitrogens with one attached hydrogen (secondary N) is 3. The van der Waals surface area contributed by atoms with Crippen molar-refractivity contribution in [3.05, 3.63) is 59.4 Å². The van der Waals surface area contributed by atoms with E-state index in [9.17, 15) is 22.4 Å². The van der Waals surface area contributed by atoms with Crippen LogP contribution in [0.25, 0.3) is 0 Å². The van der Waals surface area contributed by atoms with E-state index in [1.165, 1.54) is 24.3 Å². The van der Waals surface area contributed by atoms with E-state index < -0.39 is 32.9 Å². The molecule has 0 radical (unpaired) electrons. The van der Waals surface area contributed by atoms with Gasteiger partial charge in [-0.25, -0.2) is 17.5 Å². The van der Waals surface area contributed by atoms with Crippen LogP contribution in [0.5, 0.6) is 0 Å². The first kappa shape index (κ1) is 23.5. The van der Waals surface area contributed by atoms with Crippen LogP contribution in [-0.4, -0.2) is 31.8 Å². The smallest absolute Gasteiger partial charge is 0.258 e. The fourth-order valence-corrected chi connectivity index (χ4v) is 3.82. The average molecular weight is 436 g/mol. The van der Waals surface area contributed by atoms with Crippen molar-refractivity contribution in [3.63, 3.8) is 0 Å². The Hall–Kier alpha value is -2.78. The summed E-state index contributed by atoms with van der Waals surface area (Å²) in [5.74, 6) is -1.92. The van der Waals surface area contributed by atoms with Crippen LogP contribution in [0.4, 0.5) is 10.1 Å². The van der Waals surface area contributed by atoms with Gasteiger partial charge in [-0.15, -0.1) is 0 Å². The van der Waals surface area contributed by atoms with Crippen molar-refractivity contribution in [2.45, 2.75) is 51.1 Å². The molecular formula is C21H26FN3O4S. The summed E-state index contributed by atoms with van der Waals surface area (Å²) in [6.07, 6.45) is 0. The van der Waals surface area contributed by atoms with Crippen LogP contribution in [0.2, 0.25) is 0 Å². The van der Waals surface area contributed by atoms with Gasteiger partial charge in [-0.05, 0) is 77.1 Å². The van der Waals surface area contributed by atoms with Crippen LogP contribution in [0.3, 0.4) is 0 Å². The molecule has 2 aromatic carbocycles. The molecule has 7 nitrogen and oxygen atoms in total. The molecule has 9 heteroatoms. The summed E-state index contributed by atoms with van der Waals surface area (Å²) < 4.78 is 41.1. The molecule has 0 aliphatic heterocycles. The van der Waals surface area contributed by atoms with Crippen molar-refractivity contribution in [3.8, 4) is 0 Å². The third-order valence-electron chi connectivity index (χ3n) is 3.78. The first-order valence-electron chi connectivity index (χ1n) is 9.34. The Bertz CT molecular complexity index is 1040. The maximum Gasteiger partial charge on any atom is 0.258 e. The van der Waals surface area contributed by atoms with E-state index in [1.807, 2.05) is 20.8 Å². The van der Waals surface area contributed by atoms with Crippen molar-refractivity contribution in [2.24, 2.45) is 0 Å². The number of carbonyl (C=O) groups is 2. The SMILES string of the molecule is CC(C)NS(=O)(=O)c1ccc(F)c(C(=O)Nc2ccc(C(=O)NC(C)(C)C)cc2)c1. The number of sulfonamides is 1. The van der Waals surface area contributed by atoms with Gasteiger partial charge in [0.1, 0.15) is 5.82 Å². The monoisotopic (exact) mass is 435 g/mol. The Morgan fingerprint density at radius 1 is 0.967 bits per heavy atom. The lowest BCUT2D eigenvalue weighted by atomic mass is 10.1. The minimum Gasteiger partial charge on any atom is -0.347 e. The van der Waals surface area contributed by atoms with Gasteiger partial charge in [0.05, 0.1) is 10.5 Å². The van der Waals surface area contributed by atoms with Gasteiger partial charge in [0.15, 0.2) is 0 Å². The minimum absolute atomic E-state index is 0.211. The first-order chi connectivity index (χ1) is 13.8. The maximum atomic E-state index is 14.2. The lowest BCUT2D eigenvalue weighted by molar-refractivity contribution is 0.0919. The van der Waals surface area contributed by atoms with Gasteiger partial charge in [-0.2, -0.15) is 0 Å². The summed E-state index contributed by atoms with van der Waals surface area (Å²) in [5, 5.41) is 5.33. The Morgan fingerprint density at radius 2 is 1.57 bits per heavy atom. The highest BCUT2D eigenvalue weighted by Crippen LogP contribution is 2.18. The molecule has 0 unspecified atom stereocenters. The standard InChI is InChI=1S/C21H26FN3O4S/c1-13(2)25-30(28,29)16-10-11-18(22)17(12-16)20(27)23-15-8-6-14(7-9-15)19(26)24-21(3,4)5/h6-13,25H,1-5H3,(H,23,27)(H,24,26). The van der Waals surface area contributed by atoms with Crippen LogP contribution in [0, 0.1) is 5.82 Å². The van der Waals surface area contributed by atoms with Gasteiger partial charge >= 0.3 is 0 Å². The van der Waals surface area contributed by atoms with Crippen LogP contribution in [0.1, 0.15) is 55.3 Å². The van der Waals surface area contributed by atoms with Gasteiger partial charge < -0.3 is 10.6 Å².